The lowest BCUT2D eigenvalue weighted by atomic mass is 10.2. The number of esters is 1. The molecule has 0 aliphatic heterocycles. The molecule has 0 atom stereocenters. The van der Waals surface area contributed by atoms with Crippen molar-refractivity contribution in [2.24, 2.45) is 0 Å². The number of carbonyl (C=O) groups is 3. The maximum absolute atomic E-state index is 11.7. The number of methoxy groups -OCH3 is 1. The Morgan fingerprint density at radius 3 is 2.78 bits per heavy atom. The number of amides is 1. The number of nitrogens with zero attached hydrogens (tertiary/aromatic N) is 1. The zero-order valence-electron chi connectivity index (χ0n) is 9.67. The molecule has 7 nitrogen and oxygen atoms in total. The lowest BCUT2D eigenvalue weighted by Crippen LogP contribution is -2.28. The topological polar surface area (TPSA) is 106 Å². The highest BCUT2D eigenvalue weighted by molar-refractivity contribution is 6.03. The van der Waals surface area contributed by atoms with E-state index in [0.717, 1.165) is 0 Å². The summed E-state index contributed by atoms with van der Waals surface area (Å²) < 4.78 is 4.40. The number of carbonyl (C=O) groups excluding carboxylic acids is 2. The molecular formula is C11H12N2O5. The zero-order chi connectivity index (χ0) is 13.5. The molecule has 0 unspecified atom stereocenters. The van der Waals surface area contributed by atoms with Crippen LogP contribution in [0.2, 0.25) is 0 Å². The third-order valence-corrected chi connectivity index (χ3v) is 2.10. The van der Waals surface area contributed by atoms with Crippen LogP contribution >= 0.6 is 0 Å². The van der Waals surface area contributed by atoms with Gasteiger partial charge < -0.3 is 15.2 Å². The van der Waals surface area contributed by atoms with E-state index in [-0.39, 0.29) is 24.2 Å². The molecule has 0 saturated heterocycles. The van der Waals surface area contributed by atoms with E-state index >= 15 is 0 Å². The van der Waals surface area contributed by atoms with Crippen LogP contribution in [0.3, 0.4) is 0 Å². The molecule has 1 aromatic rings. The Labute approximate surface area is 103 Å². The molecule has 1 aromatic heterocycles. The van der Waals surface area contributed by atoms with Gasteiger partial charge in [0, 0.05) is 12.7 Å². The summed E-state index contributed by atoms with van der Waals surface area (Å²) in [5.74, 6) is -2.34. The van der Waals surface area contributed by atoms with Gasteiger partial charge in [0.05, 0.1) is 19.1 Å². The molecule has 96 valence electrons. The number of nitrogens with one attached hydrogen (secondary N) is 1. The summed E-state index contributed by atoms with van der Waals surface area (Å²) in [4.78, 5) is 37.0. The highest BCUT2D eigenvalue weighted by Gasteiger charge is 2.17. The first-order valence-corrected chi connectivity index (χ1v) is 5.09. The Balaban J connectivity index is 2.67. The molecule has 1 heterocycles. The smallest absolute Gasteiger partial charge is 0.338 e. The van der Waals surface area contributed by atoms with Gasteiger partial charge in [-0.2, -0.15) is 0 Å². The number of hydrogen-bond acceptors (Lipinski definition) is 5. The summed E-state index contributed by atoms with van der Waals surface area (Å²) in [6.45, 7) is 0.0567. The van der Waals surface area contributed by atoms with Crippen LogP contribution in [0.25, 0.3) is 0 Å². The molecule has 7 heteroatoms. The first kappa shape index (κ1) is 13.6. The number of pyridine rings is 1. The second kappa shape index (κ2) is 6.33. The van der Waals surface area contributed by atoms with Crippen LogP contribution in [0, 0.1) is 0 Å². The Kier molecular flexibility index (Phi) is 4.79. The number of rotatable bonds is 5. The van der Waals surface area contributed by atoms with Crippen molar-refractivity contribution in [3.63, 3.8) is 0 Å². The van der Waals surface area contributed by atoms with Crippen LogP contribution < -0.4 is 5.32 Å². The summed E-state index contributed by atoms with van der Waals surface area (Å²) in [5.41, 5.74) is -0.372. The third kappa shape index (κ3) is 3.55. The van der Waals surface area contributed by atoms with E-state index in [0.29, 0.717) is 0 Å². The minimum atomic E-state index is -1.23. The fourth-order valence-electron chi connectivity index (χ4n) is 1.22. The van der Waals surface area contributed by atoms with Gasteiger partial charge in [0.2, 0.25) is 0 Å². The summed E-state index contributed by atoms with van der Waals surface area (Å²) >= 11 is 0. The van der Waals surface area contributed by atoms with Gasteiger partial charge in [0.1, 0.15) is 5.69 Å². The maximum atomic E-state index is 11.7. The normalized spacial score (nSPS) is 9.61. The van der Waals surface area contributed by atoms with Gasteiger partial charge in [0.15, 0.2) is 0 Å². The van der Waals surface area contributed by atoms with Crippen molar-refractivity contribution < 1.29 is 24.2 Å². The lowest BCUT2D eigenvalue weighted by molar-refractivity contribution is -0.140. The van der Waals surface area contributed by atoms with E-state index in [1.54, 1.807) is 0 Å². The lowest BCUT2D eigenvalue weighted by Gasteiger charge is -2.05. The second-order valence-corrected chi connectivity index (χ2v) is 3.29. The minimum Gasteiger partial charge on any atom is -0.478 e. The van der Waals surface area contributed by atoms with E-state index in [1.807, 2.05) is 0 Å². The molecule has 0 bridgehead atoms. The Bertz CT molecular complexity index is 472. The van der Waals surface area contributed by atoms with Gasteiger partial charge in [0.25, 0.3) is 5.91 Å². The van der Waals surface area contributed by atoms with E-state index in [1.165, 1.54) is 25.4 Å². The first-order chi connectivity index (χ1) is 8.56. The molecule has 18 heavy (non-hydrogen) atoms. The Hall–Kier alpha value is -2.44. The van der Waals surface area contributed by atoms with Crippen molar-refractivity contribution in [3.05, 3.63) is 29.6 Å². The fraction of sp³-hybridized carbons (Fsp3) is 0.273. The predicted molar refractivity (Wildman–Crippen MR) is 60.2 cm³/mol. The molecule has 0 saturated carbocycles. The number of carboxylic acids is 1. The van der Waals surface area contributed by atoms with E-state index in [2.05, 4.69) is 15.0 Å². The molecule has 0 fully saturated rings. The average molecular weight is 252 g/mol. The molecule has 1 amide bonds. The number of carboxylic acid groups (broad SMARTS) is 1. The van der Waals surface area contributed by atoms with Crippen LogP contribution in [0.15, 0.2) is 18.3 Å². The molecular weight excluding hydrogens is 240 g/mol. The third-order valence-electron chi connectivity index (χ3n) is 2.10. The number of aromatic carboxylic acids is 1. The molecule has 2 N–H and O–H groups in total. The van der Waals surface area contributed by atoms with E-state index in [9.17, 15) is 14.4 Å². The highest BCUT2D eigenvalue weighted by atomic mass is 16.5. The fourth-order valence-corrected chi connectivity index (χ4v) is 1.22. The Morgan fingerprint density at radius 1 is 1.44 bits per heavy atom. The summed E-state index contributed by atoms with van der Waals surface area (Å²) in [6, 6.07) is 2.71. The number of aromatic nitrogens is 1. The Morgan fingerprint density at radius 2 is 2.17 bits per heavy atom. The predicted octanol–water partition coefficient (Wildman–Crippen LogP) is 0.0727. The first-order valence-electron chi connectivity index (χ1n) is 5.09. The summed E-state index contributed by atoms with van der Waals surface area (Å²) in [6.07, 6.45) is 1.33. The van der Waals surface area contributed by atoms with Crippen LogP contribution in [0.4, 0.5) is 0 Å². The van der Waals surface area contributed by atoms with E-state index < -0.39 is 17.8 Å². The van der Waals surface area contributed by atoms with Crippen LogP contribution in [0.5, 0.6) is 0 Å². The summed E-state index contributed by atoms with van der Waals surface area (Å²) in [5, 5.41) is 11.3. The van der Waals surface area contributed by atoms with Crippen molar-refractivity contribution >= 4 is 17.8 Å². The number of ether oxygens (including phenoxy) is 1. The van der Waals surface area contributed by atoms with Gasteiger partial charge in [-0.3, -0.25) is 14.6 Å². The summed E-state index contributed by atoms with van der Waals surface area (Å²) in [7, 11) is 1.24. The van der Waals surface area contributed by atoms with Gasteiger partial charge in [-0.1, -0.05) is 0 Å². The van der Waals surface area contributed by atoms with Crippen molar-refractivity contribution in [2.75, 3.05) is 13.7 Å². The SMILES string of the molecule is COC(=O)CCNC(=O)c1ncccc1C(=O)O. The molecule has 0 aliphatic rings. The van der Waals surface area contributed by atoms with Gasteiger partial charge in [-0.05, 0) is 12.1 Å². The largest absolute Gasteiger partial charge is 0.478 e. The molecule has 0 aromatic carbocycles. The van der Waals surface area contributed by atoms with Gasteiger partial charge in [-0.25, -0.2) is 4.79 Å². The van der Waals surface area contributed by atoms with E-state index in [4.69, 9.17) is 5.11 Å². The van der Waals surface area contributed by atoms with Crippen molar-refractivity contribution in [1.82, 2.24) is 10.3 Å². The quantitative estimate of drug-likeness (QED) is 0.718. The maximum Gasteiger partial charge on any atom is 0.338 e. The molecule has 1 rings (SSSR count). The monoisotopic (exact) mass is 252 g/mol. The molecule has 0 radical (unpaired) electrons. The van der Waals surface area contributed by atoms with Crippen LogP contribution in [-0.4, -0.2) is 41.6 Å². The van der Waals surface area contributed by atoms with Crippen molar-refractivity contribution in [1.29, 1.82) is 0 Å². The van der Waals surface area contributed by atoms with Crippen molar-refractivity contribution in [3.8, 4) is 0 Å². The van der Waals surface area contributed by atoms with Gasteiger partial charge in [-0.15, -0.1) is 0 Å². The van der Waals surface area contributed by atoms with Crippen LogP contribution in [0.1, 0.15) is 27.3 Å². The zero-order valence-corrected chi connectivity index (χ0v) is 9.67. The minimum absolute atomic E-state index is 0.0114. The average Bonchev–Trinajstić information content (AvgIpc) is 2.38. The highest BCUT2D eigenvalue weighted by Crippen LogP contribution is 2.05. The van der Waals surface area contributed by atoms with Gasteiger partial charge >= 0.3 is 11.9 Å². The van der Waals surface area contributed by atoms with Crippen LogP contribution in [-0.2, 0) is 9.53 Å². The van der Waals surface area contributed by atoms with Crippen molar-refractivity contribution in [2.45, 2.75) is 6.42 Å². The molecule has 0 spiro atoms. The second-order valence-electron chi connectivity index (χ2n) is 3.29. The molecule has 0 aliphatic carbocycles. The number of hydrogen-bond donors (Lipinski definition) is 2. The standard InChI is InChI=1S/C11H12N2O5/c1-18-8(14)4-6-13-10(15)9-7(11(16)17)3-2-5-12-9/h2-3,5H,4,6H2,1H3,(H,13,15)(H,16,17).